The first kappa shape index (κ1) is 14.0. The number of amides is 1. The monoisotopic (exact) mass is 251 g/mol. The zero-order chi connectivity index (χ0) is 13.7. The highest BCUT2D eigenvalue weighted by molar-refractivity contribution is 5.95. The molecule has 0 spiro atoms. The molecule has 0 heterocycles. The molecule has 1 amide bonds. The number of carboxylic acids is 1. The summed E-state index contributed by atoms with van der Waals surface area (Å²) in [6, 6.07) is 3.77. The van der Waals surface area contributed by atoms with Gasteiger partial charge in [-0.05, 0) is 24.1 Å². The van der Waals surface area contributed by atoms with Crippen molar-refractivity contribution in [1.82, 2.24) is 0 Å². The lowest BCUT2D eigenvalue weighted by atomic mass is 10.0. The van der Waals surface area contributed by atoms with Crippen molar-refractivity contribution in [2.75, 3.05) is 5.32 Å². The van der Waals surface area contributed by atoms with Crippen LogP contribution in [0.1, 0.15) is 37.0 Å². The smallest absolute Gasteiger partial charge is 0.335 e. The van der Waals surface area contributed by atoms with Crippen LogP contribution in [0.2, 0.25) is 0 Å². The van der Waals surface area contributed by atoms with E-state index in [1.807, 2.05) is 13.8 Å². The number of aromatic hydroxyl groups is 1. The van der Waals surface area contributed by atoms with Gasteiger partial charge in [0.15, 0.2) is 0 Å². The quantitative estimate of drug-likeness (QED) is 0.701. The highest BCUT2D eigenvalue weighted by atomic mass is 16.4. The largest absolute Gasteiger partial charge is 0.506 e. The van der Waals surface area contributed by atoms with Gasteiger partial charge >= 0.3 is 5.97 Å². The summed E-state index contributed by atoms with van der Waals surface area (Å²) in [5.74, 6) is -1.23. The van der Waals surface area contributed by atoms with E-state index >= 15 is 0 Å². The van der Waals surface area contributed by atoms with Crippen molar-refractivity contribution in [1.29, 1.82) is 0 Å². The molecule has 3 N–H and O–H groups in total. The van der Waals surface area contributed by atoms with Crippen LogP contribution >= 0.6 is 0 Å². The van der Waals surface area contributed by atoms with Crippen LogP contribution in [0.5, 0.6) is 5.75 Å². The number of phenolic OH excluding ortho intramolecular Hbond substituents is 1. The molecule has 0 fully saturated rings. The fourth-order valence-electron chi connectivity index (χ4n) is 1.43. The van der Waals surface area contributed by atoms with E-state index in [-0.39, 0.29) is 28.8 Å². The number of phenols is 1. The third-order valence-corrected chi connectivity index (χ3v) is 2.75. The Hall–Kier alpha value is -2.04. The normalized spacial score (nSPS) is 11.9. The SMILES string of the molecule is CCC(C)CC(=O)Nc1cc(C(=O)O)ccc1O. The first-order valence-corrected chi connectivity index (χ1v) is 5.80. The second-order valence-corrected chi connectivity index (χ2v) is 4.30. The Morgan fingerprint density at radius 2 is 2.06 bits per heavy atom. The molecule has 0 aliphatic rings. The molecule has 1 unspecified atom stereocenters. The summed E-state index contributed by atoms with van der Waals surface area (Å²) < 4.78 is 0. The highest BCUT2D eigenvalue weighted by Crippen LogP contribution is 2.24. The van der Waals surface area contributed by atoms with Gasteiger partial charge in [0.25, 0.3) is 0 Å². The number of carbonyl (C=O) groups is 2. The molecule has 5 heteroatoms. The van der Waals surface area contributed by atoms with Crippen LogP contribution in [0.4, 0.5) is 5.69 Å². The van der Waals surface area contributed by atoms with E-state index in [1.165, 1.54) is 18.2 Å². The minimum absolute atomic E-state index is 0.0200. The van der Waals surface area contributed by atoms with Gasteiger partial charge in [-0.25, -0.2) is 4.79 Å². The first-order chi connectivity index (χ1) is 8.43. The van der Waals surface area contributed by atoms with Crippen LogP contribution < -0.4 is 5.32 Å². The molecule has 0 radical (unpaired) electrons. The van der Waals surface area contributed by atoms with Crippen molar-refractivity contribution in [2.45, 2.75) is 26.7 Å². The minimum atomic E-state index is -1.10. The Morgan fingerprint density at radius 3 is 2.61 bits per heavy atom. The van der Waals surface area contributed by atoms with Gasteiger partial charge < -0.3 is 15.5 Å². The standard InChI is InChI=1S/C13H17NO4/c1-3-8(2)6-12(16)14-10-7-9(13(17)18)4-5-11(10)15/h4-5,7-8,15H,3,6H2,1-2H3,(H,14,16)(H,17,18). The van der Waals surface area contributed by atoms with Crippen molar-refractivity contribution < 1.29 is 19.8 Å². The van der Waals surface area contributed by atoms with Gasteiger partial charge in [-0.2, -0.15) is 0 Å². The first-order valence-electron chi connectivity index (χ1n) is 5.80. The molecular formula is C13H17NO4. The van der Waals surface area contributed by atoms with Gasteiger partial charge in [0.2, 0.25) is 5.91 Å². The average molecular weight is 251 g/mol. The van der Waals surface area contributed by atoms with E-state index in [2.05, 4.69) is 5.32 Å². The van der Waals surface area contributed by atoms with E-state index < -0.39 is 5.97 Å². The van der Waals surface area contributed by atoms with E-state index in [4.69, 9.17) is 5.11 Å². The lowest BCUT2D eigenvalue weighted by molar-refractivity contribution is -0.117. The highest BCUT2D eigenvalue weighted by Gasteiger charge is 2.12. The maximum atomic E-state index is 11.6. The van der Waals surface area contributed by atoms with Crippen molar-refractivity contribution in [3.05, 3.63) is 23.8 Å². The molecule has 5 nitrogen and oxygen atoms in total. The number of anilines is 1. The van der Waals surface area contributed by atoms with Gasteiger partial charge in [-0.15, -0.1) is 0 Å². The zero-order valence-corrected chi connectivity index (χ0v) is 10.4. The Kier molecular flexibility index (Phi) is 4.71. The van der Waals surface area contributed by atoms with E-state index in [0.29, 0.717) is 6.42 Å². The third-order valence-electron chi connectivity index (χ3n) is 2.75. The van der Waals surface area contributed by atoms with Crippen LogP contribution in [0.25, 0.3) is 0 Å². The second kappa shape index (κ2) is 6.05. The average Bonchev–Trinajstić information content (AvgIpc) is 2.31. The number of hydrogen-bond acceptors (Lipinski definition) is 3. The van der Waals surface area contributed by atoms with Crippen molar-refractivity contribution in [2.24, 2.45) is 5.92 Å². The zero-order valence-electron chi connectivity index (χ0n) is 10.4. The molecule has 18 heavy (non-hydrogen) atoms. The molecule has 0 aliphatic heterocycles. The summed E-state index contributed by atoms with van der Waals surface area (Å²) in [4.78, 5) is 22.4. The lowest BCUT2D eigenvalue weighted by Gasteiger charge is -2.10. The van der Waals surface area contributed by atoms with Gasteiger partial charge in [0, 0.05) is 6.42 Å². The topological polar surface area (TPSA) is 86.6 Å². The molecule has 0 saturated carbocycles. The number of aromatic carboxylic acids is 1. The number of nitrogens with one attached hydrogen (secondary N) is 1. The summed E-state index contributed by atoms with van der Waals surface area (Å²) in [5.41, 5.74) is 0.148. The molecule has 98 valence electrons. The Bertz CT molecular complexity index is 456. The van der Waals surface area contributed by atoms with E-state index in [1.54, 1.807) is 0 Å². The van der Waals surface area contributed by atoms with Gasteiger partial charge in [0.1, 0.15) is 5.75 Å². The molecule has 0 bridgehead atoms. The van der Waals surface area contributed by atoms with Crippen molar-refractivity contribution in [3.63, 3.8) is 0 Å². The number of benzene rings is 1. The summed E-state index contributed by atoms with van der Waals surface area (Å²) in [6.45, 7) is 3.94. The molecule has 1 aromatic carbocycles. The lowest BCUT2D eigenvalue weighted by Crippen LogP contribution is -2.15. The predicted octanol–water partition coefficient (Wildman–Crippen LogP) is 2.47. The van der Waals surface area contributed by atoms with Crippen LogP contribution in [0, 0.1) is 5.92 Å². The maximum Gasteiger partial charge on any atom is 0.335 e. The van der Waals surface area contributed by atoms with Crippen LogP contribution in [0.15, 0.2) is 18.2 Å². The number of rotatable bonds is 5. The Labute approximate surface area is 105 Å². The molecule has 0 aromatic heterocycles. The summed E-state index contributed by atoms with van der Waals surface area (Å²) in [6.07, 6.45) is 1.22. The summed E-state index contributed by atoms with van der Waals surface area (Å²) in [7, 11) is 0. The Morgan fingerprint density at radius 1 is 1.39 bits per heavy atom. The van der Waals surface area contributed by atoms with Gasteiger partial charge in [-0.1, -0.05) is 20.3 Å². The number of carbonyl (C=O) groups excluding carboxylic acids is 1. The van der Waals surface area contributed by atoms with E-state index in [0.717, 1.165) is 6.42 Å². The summed E-state index contributed by atoms with van der Waals surface area (Å²) in [5, 5.41) is 20.9. The number of carboxylic acid groups (broad SMARTS) is 1. The second-order valence-electron chi connectivity index (χ2n) is 4.30. The van der Waals surface area contributed by atoms with Crippen LogP contribution in [-0.2, 0) is 4.79 Å². The van der Waals surface area contributed by atoms with Gasteiger partial charge in [-0.3, -0.25) is 4.79 Å². The van der Waals surface area contributed by atoms with Crippen LogP contribution in [-0.4, -0.2) is 22.1 Å². The molecular weight excluding hydrogens is 234 g/mol. The molecule has 1 rings (SSSR count). The van der Waals surface area contributed by atoms with Crippen LogP contribution in [0.3, 0.4) is 0 Å². The fraction of sp³-hybridized carbons (Fsp3) is 0.385. The molecule has 1 aromatic rings. The minimum Gasteiger partial charge on any atom is -0.506 e. The summed E-state index contributed by atoms with van der Waals surface area (Å²) >= 11 is 0. The van der Waals surface area contributed by atoms with Crippen molar-refractivity contribution >= 4 is 17.6 Å². The Balaban J connectivity index is 2.80. The predicted molar refractivity (Wildman–Crippen MR) is 67.8 cm³/mol. The molecule has 1 atom stereocenters. The third kappa shape index (κ3) is 3.76. The number of hydrogen-bond donors (Lipinski definition) is 3. The molecule has 0 saturated heterocycles. The van der Waals surface area contributed by atoms with Gasteiger partial charge in [0.05, 0.1) is 11.3 Å². The fourth-order valence-corrected chi connectivity index (χ4v) is 1.43. The van der Waals surface area contributed by atoms with E-state index in [9.17, 15) is 14.7 Å². The maximum absolute atomic E-state index is 11.6. The molecule has 0 aliphatic carbocycles. The van der Waals surface area contributed by atoms with Crippen molar-refractivity contribution in [3.8, 4) is 5.75 Å².